The number of imidazole rings is 1. The van der Waals surface area contributed by atoms with Crippen LogP contribution < -0.4 is 10.1 Å². The smallest absolute Gasteiger partial charge is 0.258 e. The molecule has 7 heteroatoms. The fraction of sp³-hybridized carbons (Fsp3) is 0.263. The van der Waals surface area contributed by atoms with Gasteiger partial charge in [-0.1, -0.05) is 0 Å². The second-order valence-corrected chi connectivity index (χ2v) is 6.97. The predicted octanol–water partition coefficient (Wildman–Crippen LogP) is 3.57. The van der Waals surface area contributed by atoms with E-state index in [2.05, 4.69) is 33.7 Å². The van der Waals surface area contributed by atoms with E-state index in [9.17, 15) is 9.18 Å². The molecular formula is C19H19FN4O2. The number of H-pyrrole nitrogens is 1. The summed E-state index contributed by atoms with van der Waals surface area (Å²) >= 11 is 0. The lowest BCUT2D eigenvalue weighted by Crippen LogP contribution is -2.33. The standard InChI is InChI=1S/C19H19FN4O2/c1-19(2)9-15-16(17-21-6-7-24(17)19)12(10-22-15)18(25)23-14-5-4-11(26-3)8-13(14)20/h4-8,10,22H,9H2,1-3H3,(H,23,25). The first-order valence-corrected chi connectivity index (χ1v) is 8.30. The largest absolute Gasteiger partial charge is 0.497 e. The van der Waals surface area contributed by atoms with Gasteiger partial charge < -0.3 is 19.6 Å². The third-order valence-electron chi connectivity index (χ3n) is 4.76. The molecule has 26 heavy (non-hydrogen) atoms. The number of ether oxygens (including phenoxy) is 1. The lowest BCUT2D eigenvalue weighted by atomic mass is 9.90. The normalized spacial score (nSPS) is 14.5. The quantitative estimate of drug-likeness (QED) is 0.755. The van der Waals surface area contributed by atoms with E-state index in [0.717, 1.165) is 23.5 Å². The minimum atomic E-state index is -0.551. The third-order valence-corrected chi connectivity index (χ3v) is 4.76. The van der Waals surface area contributed by atoms with Crippen molar-refractivity contribution in [3.63, 3.8) is 0 Å². The average molecular weight is 354 g/mol. The Hall–Kier alpha value is -3.09. The van der Waals surface area contributed by atoms with Crippen LogP contribution in [0.2, 0.25) is 0 Å². The fourth-order valence-electron chi connectivity index (χ4n) is 3.45. The number of amides is 1. The van der Waals surface area contributed by atoms with Gasteiger partial charge in [0.15, 0.2) is 0 Å². The Kier molecular flexibility index (Phi) is 3.61. The molecule has 2 aromatic heterocycles. The topological polar surface area (TPSA) is 71.9 Å². The van der Waals surface area contributed by atoms with E-state index in [1.165, 1.54) is 19.2 Å². The Labute approximate surface area is 150 Å². The summed E-state index contributed by atoms with van der Waals surface area (Å²) in [6, 6.07) is 4.31. The maximum atomic E-state index is 14.2. The minimum Gasteiger partial charge on any atom is -0.497 e. The Morgan fingerprint density at radius 1 is 1.42 bits per heavy atom. The van der Waals surface area contributed by atoms with E-state index in [1.807, 2.05) is 6.20 Å². The number of methoxy groups -OCH3 is 1. The van der Waals surface area contributed by atoms with Crippen LogP contribution in [0.25, 0.3) is 11.4 Å². The SMILES string of the molecule is COc1ccc(NC(=O)c2c[nH]c3c2-c2nccn2C(C)(C)C3)c(F)c1. The lowest BCUT2D eigenvalue weighted by Gasteiger charge is -2.32. The van der Waals surface area contributed by atoms with E-state index in [0.29, 0.717) is 11.3 Å². The second kappa shape index (κ2) is 5.72. The fourth-order valence-corrected chi connectivity index (χ4v) is 3.45. The van der Waals surface area contributed by atoms with Crippen molar-refractivity contribution in [2.45, 2.75) is 25.8 Å². The molecule has 3 heterocycles. The van der Waals surface area contributed by atoms with Crippen LogP contribution in [0.15, 0.2) is 36.8 Å². The molecule has 3 aromatic rings. The summed E-state index contributed by atoms with van der Waals surface area (Å²) in [5.41, 5.74) is 2.12. The Balaban J connectivity index is 1.70. The summed E-state index contributed by atoms with van der Waals surface area (Å²) in [5, 5.41) is 2.63. The van der Waals surface area contributed by atoms with E-state index in [1.54, 1.807) is 18.5 Å². The van der Waals surface area contributed by atoms with Gasteiger partial charge in [-0.25, -0.2) is 9.37 Å². The number of aromatic amines is 1. The number of rotatable bonds is 3. The Morgan fingerprint density at radius 3 is 2.96 bits per heavy atom. The number of aromatic nitrogens is 3. The highest BCUT2D eigenvalue weighted by Gasteiger charge is 2.34. The highest BCUT2D eigenvalue weighted by molar-refractivity contribution is 6.09. The minimum absolute atomic E-state index is 0.102. The van der Waals surface area contributed by atoms with E-state index < -0.39 is 5.82 Å². The van der Waals surface area contributed by atoms with Gasteiger partial charge in [0.1, 0.15) is 17.4 Å². The Bertz CT molecular complexity index is 1000. The van der Waals surface area contributed by atoms with Crippen molar-refractivity contribution in [2.24, 2.45) is 0 Å². The van der Waals surface area contributed by atoms with Gasteiger partial charge in [-0.15, -0.1) is 0 Å². The maximum absolute atomic E-state index is 14.2. The molecule has 0 saturated carbocycles. The van der Waals surface area contributed by atoms with Crippen LogP contribution in [0, 0.1) is 5.82 Å². The van der Waals surface area contributed by atoms with Crippen molar-refractivity contribution in [1.82, 2.24) is 14.5 Å². The van der Waals surface area contributed by atoms with Crippen LogP contribution in [0.4, 0.5) is 10.1 Å². The van der Waals surface area contributed by atoms with E-state index in [4.69, 9.17) is 4.74 Å². The summed E-state index contributed by atoms with van der Waals surface area (Å²) < 4.78 is 21.2. The number of nitrogens with zero attached hydrogens (tertiary/aromatic N) is 2. The summed E-state index contributed by atoms with van der Waals surface area (Å²) in [5.74, 6) is 0.187. The van der Waals surface area contributed by atoms with Crippen LogP contribution >= 0.6 is 0 Å². The van der Waals surface area contributed by atoms with Crippen molar-refractivity contribution in [3.8, 4) is 17.1 Å². The van der Waals surface area contributed by atoms with Crippen molar-refractivity contribution < 1.29 is 13.9 Å². The number of fused-ring (bicyclic) bond motifs is 3. The molecule has 1 amide bonds. The van der Waals surface area contributed by atoms with E-state index >= 15 is 0 Å². The molecule has 0 saturated heterocycles. The summed E-state index contributed by atoms with van der Waals surface area (Å²) in [4.78, 5) is 20.4. The summed E-state index contributed by atoms with van der Waals surface area (Å²) in [6.45, 7) is 4.24. The van der Waals surface area contributed by atoms with Crippen LogP contribution in [0.3, 0.4) is 0 Å². The van der Waals surface area contributed by atoms with Gasteiger partial charge in [0, 0.05) is 42.3 Å². The number of halogens is 1. The molecule has 2 N–H and O–H groups in total. The lowest BCUT2D eigenvalue weighted by molar-refractivity contribution is 0.102. The van der Waals surface area contributed by atoms with E-state index in [-0.39, 0.29) is 17.1 Å². The average Bonchev–Trinajstić information content (AvgIpc) is 3.23. The van der Waals surface area contributed by atoms with Gasteiger partial charge >= 0.3 is 0 Å². The molecule has 0 radical (unpaired) electrons. The molecule has 1 aliphatic heterocycles. The molecule has 4 rings (SSSR count). The van der Waals surface area contributed by atoms with Gasteiger partial charge in [-0.05, 0) is 26.0 Å². The van der Waals surface area contributed by atoms with Crippen molar-refractivity contribution in [1.29, 1.82) is 0 Å². The number of carbonyl (C=O) groups is 1. The molecule has 0 aliphatic carbocycles. The molecule has 0 spiro atoms. The first-order valence-electron chi connectivity index (χ1n) is 8.30. The first-order chi connectivity index (χ1) is 12.4. The van der Waals surface area contributed by atoms with Gasteiger partial charge in [-0.2, -0.15) is 0 Å². The number of hydrogen-bond donors (Lipinski definition) is 2. The number of anilines is 1. The molecule has 0 atom stereocenters. The third kappa shape index (κ3) is 2.47. The van der Waals surface area contributed by atoms with Crippen LogP contribution in [-0.4, -0.2) is 27.6 Å². The Morgan fingerprint density at radius 2 is 2.23 bits per heavy atom. The maximum Gasteiger partial charge on any atom is 0.258 e. The van der Waals surface area contributed by atoms with Crippen LogP contribution in [-0.2, 0) is 12.0 Å². The molecule has 134 valence electrons. The predicted molar refractivity (Wildman–Crippen MR) is 95.9 cm³/mol. The molecule has 0 fully saturated rings. The zero-order valence-electron chi connectivity index (χ0n) is 14.8. The molecule has 1 aliphatic rings. The zero-order valence-corrected chi connectivity index (χ0v) is 14.8. The highest BCUT2D eigenvalue weighted by Crippen LogP contribution is 2.38. The highest BCUT2D eigenvalue weighted by atomic mass is 19.1. The van der Waals surface area contributed by atoms with Gasteiger partial charge in [0.2, 0.25) is 0 Å². The molecule has 0 bridgehead atoms. The first kappa shape index (κ1) is 16.4. The monoisotopic (exact) mass is 354 g/mol. The number of carbonyl (C=O) groups excluding carboxylic acids is 1. The number of benzene rings is 1. The second-order valence-electron chi connectivity index (χ2n) is 6.97. The molecule has 1 aromatic carbocycles. The number of hydrogen-bond acceptors (Lipinski definition) is 3. The summed E-state index contributed by atoms with van der Waals surface area (Å²) in [6.07, 6.45) is 6.04. The number of nitrogens with one attached hydrogen (secondary N) is 2. The van der Waals surface area contributed by atoms with Gasteiger partial charge in [0.05, 0.1) is 23.9 Å². The zero-order chi connectivity index (χ0) is 18.5. The van der Waals surface area contributed by atoms with Crippen molar-refractivity contribution >= 4 is 11.6 Å². The van der Waals surface area contributed by atoms with Crippen LogP contribution in [0.1, 0.15) is 29.9 Å². The molecule has 0 unspecified atom stereocenters. The van der Waals surface area contributed by atoms with Gasteiger partial charge in [-0.3, -0.25) is 4.79 Å². The van der Waals surface area contributed by atoms with Crippen LogP contribution in [0.5, 0.6) is 5.75 Å². The molecular weight excluding hydrogens is 335 g/mol. The molecule has 6 nitrogen and oxygen atoms in total. The van der Waals surface area contributed by atoms with Crippen molar-refractivity contribution in [2.75, 3.05) is 12.4 Å². The van der Waals surface area contributed by atoms with Gasteiger partial charge in [0.25, 0.3) is 5.91 Å². The summed E-state index contributed by atoms with van der Waals surface area (Å²) in [7, 11) is 1.46. The van der Waals surface area contributed by atoms with Crippen molar-refractivity contribution in [3.05, 3.63) is 53.9 Å².